The number of alkyl halides is 5. The lowest BCUT2D eigenvalue weighted by molar-refractivity contribution is -0.929. The molecule has 1 atom stereocenters. The Kier molecular flexibility index (Phi) is 12.0. The van der Waals surface area contributed by atoms with E-state index in [0.29, 0.717) is 55.1 Å². The molecule has 4 aromatic rings. The minimum Gasteiger partial charge on any atom is -0.477 e. The molecule has 1 aromatic carbocycles. The van der Waals surface area contributed by atoms with Gasteiger partial charge in [-0.1, -0.05) is 11.6 Å². The van der Waals surface area contributed by atoms with Crippen LogP contribution in [0.5, 0.6) is 0 Å². The van der Waals surface area contributed by atoms with Gasteiger partial charge >= 0.3 is 12.1 Å². The number of nitrogens with one attached hydrogen (secondary N) is 3. The summed E-state index contributed by atoms with van der Waals surface area (Å²) >= 11 is 6.55. The van der Waals surface area contributed by atoms with Gasteiger partial charge in [0.25, 0.3) is 17.7 Å². The first-order valence-electron chi connectivity index (χ1n) is 20.6. The molecular weight excluding hydrogens is 857 g/mol. The van der Waals surface area contributed by atoms with Crippen molar-refractivity contribution in [2.75, 3.05) is 82.6 Å². The summed E-state index contributed by atoms with van der Waals surface area (Å²) in [6.07, 6.45) is -0.363. The fourth-order valence-electron chi connectivity index (χ4n) is 8.71. The average Bonchev–Trinajstić information content (AvgIpc) is 3.49. The fourth-order valence-corrected chi connectivity index (χ4v) is 8.97. The first kappa shape index (κ1) is 44.0. The Morgan fingerprint density at radius 3 is 2.25 bits per heavy atom. The third-order valence-corrected chi connectivity index (χ3v) is 12.8. The van der Waals surface area contributed by atoms with Gasteiger partial charge in [-0.15, -0.1) is 0 Å². The smallest absolute Gasteiger partial charge is 0.435 e. The number of quaternary nitrogens is 1. The molecule has 22 heteroatoms. The lowest BCUT2D eigenvalue weighted by atomic mass is 9.90. The Morgan fingerprint density at radius 2 is 1.67 bits per heavy atom. The van der Waals surface area contributed by atoms with Gasteiger partial charge in [-0.25, -0.2) is 28.2 Å². The summed E-state index contributed by atoms with van der Waals surface area (Å²) in [6.45, 7) is 5.14. The zero-order valence-electron chi connectivity index (χ0n) is 34.2. The van der Waals surface area contributed by atoms with E-state index < -0.39 is 35.6 Å². The second-order valence-corrected chi connectivity index (χ2v) is 17.3. The molecule has 336 valence electrons. The highest BCUT2D eigenvalue weighted by atomic mass is 35.5. The van der Waals surface area contributed by atoms with E-state index in [0.717, 1.165) is 36.7 Å². The maximum atomic E-state index is 14.3. The predicted molar refractivity (Wildman–Crippen MR) is 218 cm³/mol. The first-order chi connectivity index (χ1) is 29.9. The number of hydrogen-bond donors (Lipinski definition) is 4. The van der Waals surface area contributed by atoms with E-state index in [-0.39, 0.29) is 89.5 Å². The Balaban J connectivity index is 0.866. The van der Waals surface area contributed by atoms with Crippen LogP contribution in [0.3, 0.4) is 0 Å². The number of piperazine rings is 1. The molecule has 3 aromatic heterocycles. The monoisotopic (exact) mass is 902 g/mol. The molecule has 6 heterocycles. The van der Waals surface area contributed by atoms with Crippen LogP contribution in [0, 0.1) is 17.8 Å². The Bertz CT molecular complexity index is 2390. The zero-order chi connectivity index (χ0) is 44.8. The molecule has 1 aliphatic carbocycles. The molecule has 4 aliphatic rings. The number of nitrogens with zero attached hydrogens (tertiary/aromatic N) is 8. The van der Waals surface area contributed by atoms with E-state index in [9.17, 15) is 46.2 Å². The molecule has 1 saturated carbocycles. The van der Waals surface area contributed by atoms with Crippen LogP contribution in [0.2, 0.25) is 5.02 Å². The number of amides is 3. The van der Waals surface area contributed by atoms with Crippen molar-refractivity contribution >= 4 is 46.7 Å². The van der Waals surface area contributed by atoms with Gasteiger partial charge in [-0.3, -0.25) is 14.4 Å². The minimum atomic E-state index is -4.90. The zero-order valence-corrected chi connectivity index (χ0v) is 34.9. The van der Waals surface area contributed by atoms with Gasteiger partial charge in [0, 0.05) is 102 Å². The summed E-state index contributed by atoms with van der Waals surface area (Å²) in [4.78, 5) is 63.8. The third-order valence-electron chi connectivity index (χ3n) is 12.5. The normalized spacial score (nSPS) is 22.3. The summed E-state index contributed by atoms with van der Waals surface area (Å²) in [6, 6.07) is 7.19. The highest BCUT2D eigenvalue weighted by Gasteiger charge is 2.56. The van der Waals surface area contributed by atoms with Gasteiger partial charge in [0.1, 0.15) is 0 Å². The maximum absolute atomic E-state index is 14.3. The number of imidazole rings is 1. The van der Waals surface area contributed by atoms with E-state index in [2.05, 4.69) is 31.0 Å². The number of aromatic nitrogens is 5. The van der Waals surface area contributed by atoms with Crippen molar-refractivity contribution in [2.45, 2.75) is 31.4 Å². The van der Waals surface area contributed by atoms with Crippen molar-refractivity contribution in [2.24, 2.45) is 24.8 Å². The number of carboxylic acid groups (broad SMARTS) is 1. The van der Waals surface area contributed by atoms with Crippen molar-refractivity contribution in [1.82, 2.24) is 39.4 Å². The van der Waals surface area contributed by atoms with E-state index >= 15 is 0 Å². The summed E-state index contributed by atoms with van der Waals surface area (Å²) in [5.41, 5.74) is -0.916. The topological polar surface area (TPSA) is 180 Å². The van der Waals surface area contributed by atoms with Crippen LogP contribution >= 0.6 is 11.6 Å². The van der Waals surface area contributed by atoms with Crippen LogP contribution in [0.25, 0.3) is 17.1 Å². The Morgan fingerprint density at radius 1 is 0.984 bits per heavy atom. The first-order valence-corrected chi connectivity index (χ1v) is 21.0. The van der Waals surface area contributed by atoms with Gasteiger partial charge < -0.3 is 39.9 Å². The van der Waals surface area contributed by atoms with Gasteiger partial charge in [-0.05, 0) is 30.3 Å². The number of anilines is 2. The van der Waals surface area contributed by atoms with Crippen molar-refractivity contribution < 1.29 is 50.7 Å². The highest BCUT2D eigenvalue weighted by molar-refractivity contribution is 6.34. The van der Waals surface area contributed by atoms with Crippen molar-refractivity contribution in [3.63, 3.8) is 0 Å². The van der Waals surface area contributed by atoms with E-state index in [1.807, 2.05) is 0 Å². The van der Waals surface area contributed by atoms with Crippen LogP contribution in [0.1, 0.15) is 45.9 Å². The summed E-state index contributed by atoms with van der Waals surface area (Å²) in [5, 5.41) is 22.1. The van der Waals surface area contributed by atoms with Gasteiger partial charge in [-0.2, -0.15) is 18.3 Å². The second kappa shape index (κ2) is 17.1. The van der Waals surface area contributed by atoms with Crippen molar-refractivity contribution in [1.29, 1.82) is 0 Å². The van der Waals surface area contributed by atoms with Gasteiger partial charge in [0.15, 0.2) is 23.9 Å². The molecule has 0 radical (unpaired) electrons. The number of likely N-dealkylation sites (tertiary alicyclic amines) is 1. The number of benzene rings is 1. The fraction of sp³-hybridized carbons (Fsp3) is 0.488. The minimum absolute atomic E-state index is 0.0194. The average molecular weight is 903 g/mol. The highest BCUT2D eigenvalue weighted by Crippen LogP contribution is 2.48. The molecule has 3 amide bonds. The summed E-state index contributed by atoms with van der Waals surface area (Å²) in [5.74, 6) is -5.39. The molecule has 3 aliphatic heterocycles. The number of carbonyl (C=O) groups is 4. The standard InChI is InChI=1S/C41H45ClF5N11O5/c1-54-32(30-21-57(53-35(30)41(45,46)47)33-5-3-28(19-50-33)49-18-26-15-40(26,43)44)20-51-36(54)37(61)52-27-2-4-29(31(42)14-27)39(63)56-10-8-55(9-11-56)38(62)25-6-12-58(13-7-25,23-34(59)60)22-24-16-48-17-24/h2-5,14,19-21,24-26,48-49H,6-13,15-18,22-23H2,1H3,(H-,52,59,60,61,63)/p+1. The molecule has 4 N–H and O–H groups in total. The SMILES string of the molecule is Cn1c(-c2cn(-c3ccc(NCC4CC4(F)F)cn3)nc2C(F)(F)F)cnc1C(=O)Nc1ccc(C(=O)N2CCN(C(=O)C3CC[N+](CC(=O)O)(CC4CNC4)CC3)CC2)c(Cl)c1. The number of carbonyl (C=O) groups excluding carboxylic acids is 3. The number of hydrogen-bond acceptors (Lipinski definition) is 9. The predicted octanol–water partition coefficient (Wildman–Crippen LogP) is 4.47. The Labute approximate surface area is 363 Å². The number of aliphatic carboxylic acids is 1. The van der Waals surface area contributed by atoms with E-state index in [1.54, 1.807) is 9.80 Å². The number of halogens is 6. The van der Waals surface area contributed by atoms with Crippen LogP contribution in [-0.2, 0) is 22.8 Å². The van der Waals surface area contributed by atoms with Gasteiger partial charge in [0.2, 0.25) is 5.91 Å². The van der Waals surface area contributed by atoms with Crippen LogP contribution in [-0.4, -0.2) is 145 Å². The lowest BCUT2D eigenvalue weighted by Crippen LogP contribution is -2.62. The Hall–Kier alpha value is -5.67. The molecule has 0 bridgehead atoms. The number of pyridine rings is 1. The quantitative estimate of drug-likeness (QED) is 0.111. The lowest BCUT2D eigenvalue weighted by Gasteiger charge is -2.46. The van der Waals surface area contributed by atoms with Crippen LogP contribution in [0.15, 0.2) is 48.9 Å². The molecule has 63 heavy (non-hydrogen) atoms. The molecule has 1 unspecified atom stereocenters. The van der Waals surface area contributed by atoms with Gasteiger partial charge in [0.05, 0.1) is 59.6 Å². The summed E-state index contributed by atoms with van der Waals surface area (Å²) in [7, 11) is 1.37. The third kappa shape index (κ3) is 9.50. The molecule has 16 nitrogen and oxygen atoms in total. The molecule has 8 rings (SSSR count). The van der Waals surface area contributed by atoms with Crippen molar-refractivity contribution in [3.05, 3.63) is 71.0 Å². The second-order valence-electron chi connectivity index (χ2n) is 16.9. The molecule has 4 fully saturated rings. The maximum Gasteiger partial charge on any atom is 0.435 e. The van der Waals surface area contributed by atoms with Crippen molar-refractivity contribution in [3.8, 4) is 17.1 Å². The van der Waals surface area contributed by atoms with E-state index in [4.69, 9.17) is 11.6 Å². The number of piperidine rings is 1. The number of rotatable bonds is 13. The van der Waals surface area contributed by atoms with E-state index in [1.165, 1.54) is 48.1 Å². The molecular formula is C41H46ClF5N11O5+. The summed E-state index contributed by atoms with van der Waals surface area (Å²) < 4.78 is 71.9. The molecule has 0 spiro atoms. The largest absolute Gasteiger partial charge is 0.477 e. The van der Waals surface area contributed by atoms with Crippen LogP contribution in [0.4, 0.5) is 33.3 Å². The number of carboxylic acids is 1. The van der Waals surface area contributed by atoms with Crippen LogP contribution < -0.4 is 16.0 Å². The molecule has 3 saturated heterocycles.